The molecule has 14 heavy (non-hydrogen) atoms. The Bertz CT molecular complexity index is 256. The van der Waals surface area contributed by atoms with Gasteiger partial charge in [-0.3, -0.25) is 0 Å². The van der Waals surface area contributed by atoms with Gasteiger partial charge in [0.15, 0.2) is 0 Å². The molecule has 0 aromatic heterocycles. The summed E-state index contributed by atoms with van der Waals surface area (Å²) in [6, 6.07) is 0. The number of rotatable bonds is 2. The molecule has 2 aliphatic heterocycles. The Balaban J connectivity index is 1.64. The van der Waals surface area contributed by atoms with E-state index in [-0.39, 0.29) is 0 Å². The summed E-state index contributed by atoms with van der Waals surface area (Å²) in [6.45, 7) is 0. The molecule has 0 aromatic carbocycles. The topological polar surface area (TPSA) is 107 Å². The van der Waals surface area contributed by atoms with Gasteiger partial charge in [0.2, 0.25) is 0 Å². The second-order valence-electron chi connectivity index (χ2n) is 2.03. The zero-order chi connectivity index (χ0) is 10.1. The first-order valence-electron chi connectivity index (χ1n) is 3.25. The molecule has 11 heteroatoms. The van der Waals surface area contributed by atoms with Crippen molar-refractivity contribution in [2.75, 3.05) is 0 Å². The number of hydrogen-bond acceptors (Lipinski definition) is 9. The molecule has 0 N–H and O–H groups in total. The van der Waals surface area contributed by atoms with Crippen LogP contribution in [0.2, 0.25) is 0 Å². The molecule has 2 heterocycles. The van der Waals surface area contributed by atoms with Crippen molar-refractivity contribution in [3.05, 3.63) is 0 Å². The average Bonchev–Trinajstić information content (AvgIpc) is 1.98. The molecule has 0 atom stereocenters. The van der Waals surface area contributed by atoms with E-state index in [4.69, 9.17) is 0 Å². The Morgan fingerprint density at radius 2 is 1.29 bits per heavy atom. The predicted molar refractivity (Wildman–Crippen MR) is 34.2 cm³/mol. The summed E-state index contributed by atoms with van der Waals surface area (Å²) in [5.74, 6) is 0. The van der Waals surface area contributed by atoms with Crippen molar-refractivity contribution >= 4 is 64.0 Å². The molecule has 72 valence electrons. The fraction of sp³-hybridized carbons (Fsp3) is 0. The van der Waals surface area contributed by atoms with Gasteiger partial charge in [0, 0.05) is 0 Å². The molecule has 0 bridgehead atoms. The van der Waals surface area contributed by atoms with Crippen LogP contribution in [0.4, 0.5) is 14.4 Å². The summed E-state index contributed by atoms with van der Waals surface area (Å²) < 4.78 is 26.4. The molecular formula is C3In2O9. The molecule has 0 aromatic rings. The Morgan fingerprint density at radius 1 is 0.929 bits per heavy atom. The van der Waals surface area contributed by atoms with Crippen LogP contribution < -0.4 is 0 Å². The Kier molecular flexibility index (Phi) is 2.85. The summed E-state index contributed by atoms with van der Waals surface area (Å²) in [6.07, 6.45) is -2.78. The molecule has 2 aliphatic rings. The molecule has 0 spiro atoms. The van der Waals surface area contributed by atoms with E-state index in [0.29, 0.717) is 0 Å². The SMILES string of the molecule is O=C1[O][In]([O]C(=O)[O][In]2[O]C(=O)[O]2)[O]1. The summed E-state index contributed by atoms with van der Waals surface area (Å²) in [5.41, 5.74) is 0. The van der Waals surface area contributed by atoms with E-state index in [1.807, 2.05) is 0 Å². The van der Waals surface area contributed by atoms with Crippen LogP contribution in [0.3, 0.4) is 0 Å². The maximum absolute atomic E-state index is 10.8. The summed E-state index contributed by atoms with van der Waals surface area (Å²) in [4.78, 5) is 31.0. The van der Waals surface area contributed by atoms with Gasteiger partial charge in [-0.05, 0) is 0 Å². The summed E-state index contributed by atoms with van der Waals surface area (Å²) in [7, 11) is 0. The first-order valence-corrected chi connectivity index (χ1v) is 11.3. The van der Waals surface area contributed by atoms with Crippen molar-refractivity contribution in [2.24, 2.45) is 0 Å². The number of carbonyl (C=O) groups is 3. The van der Waals surface area contributed by atoms with E-state index in [0.717, 1.165) is 0 Å². The predicted octanol–water partition coefficient (Wildman–Crippen LogP) is -0.557. The van der Waals surface area contributed by atoms with Gasteiger partial charge in [-0.15, -0.1) is 0 Å². The van der Waals surface area contributed by atoms with Crippen molar-refractivity contribution < 1.29 is 31.5 Å². The molecule has 0 unspecified atom stereocenters. The zero-order valence-corrected chi connectivity index (χ0v) is 12.9. The monoisotopic (exact) mass is 410 g/mol. The maximum atomic E-state index is 10.8. The summed E-state index contributed by atoms with van der Waals surface area (Å²) in [5, 5.41) is 0. The van der Waals surface area contributed by atoms with Gasteiger partial charge in [-0.2, -0.15) is 0 Å². The Labute approximate surface area is 94.8 Å². The first-order chi connectivity index (χ1) is 6.63. The van der Waals surface area contributed by atoms with Crippen molar-refractivity contribution in [3.63, 3.8) is 0 Å². The van der Waals surface area contributed by atoms with E-state index in [2.05, 4.69) is 17.1 Å². The average molecular weight is 410 g/mol. The van der Waals surface area contributed by atoms with Crippen LogP contribution in [0.5, 0.6) is 0 Å². The van der Waals surface area contributed by atoms with Crippen molar-refractivity contribution in [2.45, 2.75) is 0 Å². The van der Waals surface area contributed by atoms with Crippen LogP contribution in [-0.2, 0) is 17.1 Å². The molecular weight excluding hydrogens is 410 g/mol. The van der Waals surface area contributed by atoms with Gasteiger partial charge in [0.25, 0.3) is 0 Å². The first kappa shape index (κ1) is 10.1. The second kappa shape index (κ2) is 3.96. The molecule has 9 nitrogen and oxygen atoms in total. The van der Waals surface area contributed by atoms with Crippen LogP contribution in [0.1, 0.15) is 0 Å². The van der Waals surface area contributed by atoms with E-state index in [1.54, 1.807) is 0 Å². The van der Waals surface area contributed by atoms with Gasteiger partial charge in [-0.25, -0.2) is 0 Å². The quantitative estimate of drug-likeness (QED) is 0.593. The van der Waals surface area contributed by atoms with Gasteiger partial charge in [0.1, 0.15) is 0 Å². The number of carbonyl (C=O) groups excluding carboxylic acids is 3. The van der Waals surface area contributed by atoms with Gasteiger partial charge in [0.05, 0.1) is 0 Å². The normalized spacial score (nSPS) is 17.7. The second-order valence-corrected chi connectivity index (χ2v) is 9.37. The fourth-order valence-electron chi connectivity index (χ4n) is 0.613. The molecule has 0 amide bonds. The van der Waals surface area contributed by atoms with Crippen molar-refractivity contribution in [3.8, 4) is 0 Å². The van der Waals surface area contributed by atoms with Gasteiger partial charge < -0.3 is 0 Å². The molecule has 0 radical (unpaired) electrons. The van der Waals surface area contributed by atoms with Crippen LogP contribution in [0.15, 0.2) is 0 Å². The standard InChI is InChI=1S/3CH2O3.2In/c3*2-1(3)4;;/h3*(H2,2,3,4);;/q;;;2*+3/p-6. The van der Waals surface area contributed by atoms with Crippen molar-refractivity contribution in [1.29, 1.82) is 0 Å². The number of hydrogen-bond donors (Lipinski definition) is 0. The Morgan fingerprint density at radius 3 is 1.57 bits per heavy atom. The van der Waals surface area contributed by atoms with Crippen LogP contribution in [0, 0.1) is 0 Å². The van der Waals surface area contributed by atoms with Gasteiger partial charge >= 0.3 is 95.5 Å². The zero-order valence-electron chi connectivity index (χ0n) is 6.33. The molecule has 2 rings (SSSR count). The molecule has 0 saturated carbocycles. The molecule has 2 saturated heterocycles. The van der Waals surface area contributed by atoms with Crippen LogP contribution in [0.25, 0.3) is 0 Å². The molecule has 0 aliphatic carbocycles. The third-order valence-corrected chi connectivity index (χ3v) is 7.75. The third kappa shape index (κ3) is 2.32. The van der Waals surface area contributed by atoms with Gasteiger partial charge in [-0.1, -0.05) is 0 Å². The minimum absolute atomic E-state index is 0.853. The fourth-order valence-corrected chi connectivity index (χ4v) is 5.18. The van der Waals surface area contributed by atoms with Crippen LogP contribution >= 0.6 is 0 Å². The van der Waals surface area contributed by atoms with Crippen LogP contribution in [-0.4, -0.2) is 64.0 Å². The third-order valence-electron chi connectivity index (χ3n) is 1.15. The van der Waals surface area contributed by atoms with Crippen molar-refractivity contribution in [1.82, 2.24) is 0 Å². The van der Waals surface area contributed by atoms with E-state index >= 15 is 0 Å². The van der Waals surface area contributed by atoms with E-state index in [9.17, 15) is 14.4 Å². The molecule has 2 fully saturated rings. The Hall–Kier alpha value is -0.450. The van der Waals surface area contributed by atoms with E-state index in [1.165, 1.54) is 0 Å². The summed E-state index contributed by atoms with van der Waals surface area (Å²) >= 11 is -6.63. The van der Waals surface area contributed by atoms with E-state index < -0.39 is 64.0 Å². The minimum atomic E-state index is -3.32.